The topological polar surface area (TPSA) is 38.7 Å². The van der Waals surface area contributed by atoms with Crippen LogP contribution in [0.5, 0.6) is 0 Å². The third-order valence-corrected chi connectivity index (χ3v) is 31.8. The van der Waals surface area contributed by atoms with Gasteiger partial charge < -0.3 is 13.0 Å². The minimum Gasteiger partial charge on any atom is -0.438 e. The molecule has 7 heteroatoms. The molecule has 0 aromatic rings. The molecule has 1 N–H and O–H groups in total. The minimum atomic E-state index is -2.33. The van der Waals surface area contributed by atoms with E-state index >= 15 is 0 Å². The third kappa shape index (κ3) is 4.90. The molecule has 0 radical (unpaired) electrons. The van der Waals surface area contributed by atoms with E-state index in [1.807, 2.05) is 0 Å². The average molecular weight is 433 g/mol. The molecule has 0 aromatic carbocycles. The molecule has 0 saturated carbocycles. The summed E-state index contributed by atoms with van der Waals surface area (Å²) >= 11 is 0. The maximum atomic E-state index is 11.4. The molecule has 26 heavy (non-hydrogen) atoms. The summed E-state index contributed by atoms with van der Waals surface area (Å²) in [7, 11) is -8.17. The molecule has 0 bridgehead atoms. The van der Waals surface area contributed by atoms with Gasteiger partial charge in [-0.25, -0.2) is 0 Å². The summed E-state index contributed by atoms with van der Waals surface area (Å²) in [6.45, 7) is 26.9. The predicted molar refractivity (Wildman–Crippen MR) is 124 cm³/mol. The first kappa shape index (κ1) is 24.5. The largest absolute Gasteiger partial charge is 0.438 e. The van der Waals surface area contributed by atoms with Crippen LogP contribution in [0.2, 0.25) is 46.6 Å². The smallest absolute Gasteiger partial charge is 0.321 e. The molecule has 1 aliphatic rings. The van der Waals surface area contributed by atoms with Crippen molar-refractivity contribution in [3.8, 4) is 0 Å². The van der Waals surface area contributed by atoms with Crippen LogP contribution in [0.15, 0.2) is 12.2 Å². The van der Waals surface area contributed by atoms with Gasteiger partial charge in [0.2, 0.25) is 0 Å². The number of rotatable bonds is 8. The summed E-state index contributed by atoms with van der Waals surface area (Å²) < 4.78 is 14.2. The van der Waals surface area contributed by atoms with Crippen LogP contribution in [0, 0.1) is 0 Å². The molecule has 3 nitrogen and oxygen atoms in total. The van der Waals surface area contributed by atoms with E-state index in [4.69, 9.17) is 8.23 Å². The Morgan fingerprint density at radius 3 is 2.19 bits per heavy atom. The Labute approximate surface area is 167 Å². The molecular weight excluding hydrogens is 389 g/mol. The molecule has 0 spiro atoms. The Hall–Kier alpha value is 0.488. The maximum Gasteiger partial charge on any atom is 0.321 e. The molecule has 0 aliphatic carbocycles. The van der Waals surface area contributed by atoms with Gasteiger partial charge in [0, 0.05) is 6.04 Å². The normalized spacial score (nSPS) is 36.2. The van der Waals surface area contributed by atoms with Crippen molar-refractivity contribution in [2.24, 2.45) is 0 Å². The highest BCUT2D eigenvalue weighted by Gasteiger charge is 2.60. The van der Waals surface area contributed by atoms with Crippen LogP contribution in [0.4, 0.5) is 0 Å². The Morgan fingerprint density at radius 1 is 1.27 bits per heavy atom. The molecule has 1 fully saturated rings. The Morgan fingerprint density at radius 2 is 1.81 bits per heavy atom. The second-order valence-electron chi connectivity index (χ2n) is 9.78. The molecule has 1 saturated heterocycles. The Bertz CT molecular complexity index is 493. The summed E-state index contributed by atoms with van der Waals surface area (Å²) in [6, 6.07) is 1.98. The lowest BCUT2D eigenvalue weighted by molar-refractivity contribution is 0.337. The second kappa shape index (κ2) is 8.88. The fraction of sp³-hybridized carbons (Fsp3) is 0.895. The Kier molecular flexibility index (Phi) is 8.38. The number of hydrogen-bond acceptors (Lipinski definition) is 3. The molecule has 6 atom stereocenters. The van der Waals surface area contributed by atoms with Crippen molar-refractivity contribution in [3.05, 3.63) is 12.2 Å². The van der Waals surface area contributed by atoms with E-state index in [2.05, 4.69) is 75.1 Å². The summed E-state index contributed by atoms with van der Waals surface area (Å²) in [4.78, 5) is 11.4. The van der Waals surface area contributed by atoms with Crippen molar-refractivity contribution in [2.75, 3.05) is 0 Å². The van der Waals surface area contributed by atoms with Gasteiger partial charge in [0.1, 0.15) is 0 Å². The van der Waals surface area contributed by atoms with Gasteiger partial charge in [-0.15, -0.1) is 6.58 Å². The van der Waals surface area contributed by atoms with Gasteiger partial charge >= 0.3 is 8.56 Å². The molecule has 6 unspecified atom stereocenters. The summed E-state index contributed by atoms with van der Waals surface area (Å²) in [5, 5.41) is 0.874. The second-order valence-corrected chi connectivity index (χ2v) is 27.4. The van der Waals surface area contributed by atoms with E-state index in [-0.39, 0.29) is 0 Å². The molecule has 154 valence electrons. The van der Waals surface area contributed by atoms with E-state index in [0.29, 0.717) is 21.4 Å². The van der Waals surface area contributed by atoms with Gasteiger partial charge in [0.15, 0.2) is 25.7 Å². The SMILES string of the molecule is C=C(C)C[Si]1(CCC)O[SiH](C(C)[Si](C)(O)C(C)C)C(C)[Si](C)(C(C)C)O1. The predicted octanol–water partition coefficient (Wildman–Crippen LogP) is 6.01. The van der Waals surface area contributed by atoms with Gasteiger partial charge in [-0.1, -0.05) is 60.5 Å². The van der Waals surface area contributed by atoms with Crippen molar-refractivity contribution >= 4 is 34.2 Å². The molecule has 0 amide bonds. The van der Waals surface area contributed by atoms with E-state index in [1.54, 1.807) is 0 Å². The highest BCUT2D eigenvalue weighted by atomic mass is 28.5. The zero-order chi connectivity index (χ0) is 20.5. The van der Waals surface area contributed by atoms with Crippen LogP contribution in [0.1, 0.15) is 61.8 Å². The fourth-order valence-corrected chi connectivity index (χ4v) is 31.5. The standard InChI is InChI=1S/C19H44O3Si4/c1-12-13-26(14-15(2)3)21-23(18(8)24(10,20)16(4)5)19(9)25(11,22-26)17(6)7/h16-20,23H,2,12-14H2,1,3-11H3. The van der Waals surface area contributed by atoms with Gasteiger partial charge in [0.05, 0.1) is 0 Å². The number of hydrogen-bond donors (Lipinski definition) is 1. The zero-order valence-corrected chi connectivity index (χ0v) is 23.1. The van der Waals surface area contributed by atoms with E-state index in [9.17, 15) is 4.80 Å². The average Bonchev–Trinajstić information content (AvgIpc) is 2.49. The first-order valence-electron chi connectivity index (χ1n) is 10.5. The minimum absolute atomic E-state index is 0.348. The highest BCUT2D eigenvalue weighted by Crippen LogP contribution is 2.50. The van der Waals surface area contributed by atoms with Crippen molar-refractivity contribution in [3.63, 3.8) is 0 Å². The molecular formula is C19H44O3Si4. The zero-order valence-electron chi connectivity index (χ0n) is 19.0. The first-order valence-corrected chi connectivity index (χ1v) is 19.7. The number of allylic oxidation sites excluding steroid dienone is 1. The monoisotopic (exact) mass is 432 g/mol. The van der Waals surface area contributed by atoms with Crippen LogP contribution >= 0.6 is 0 Å². The van der Waals surface area contributed by atoms with Crippen LogP contribution in [0.25, 0.3) is 0 Å². The molecule has 1 heterocycles. The van der Waals surface area contributed by atoms with Crippen LogP contribution in [-0.2, 0) is 8.23 Å². The summed E-state index contributed by atoms with van der Waals surface area (Å²) in [5.74, 6) is 0. The molecule has 0 aromatic heterocycles. The van der Waals surface area contributed by atoms with Crippen molar-refractivity contribution in [2.45, 2.75) is 108 Å². The van der Waals surface area contributed by atoms with Gasteiger partial charge in [-0.2, -0.15) is 0 Å². The van der Waals surface area contributed by atoms with Crippen molar-refractivity contribution in [1.29, 1.82) is 0 Å². The molecule has 1 aliphatic heterocycles. The lowest BCUT2D eigenvalue weighted by atomic mass is 10.4. The Balaban J connectivity index is 3.41. The summed E-state index contributed by atoms with van der Waals surface area (Å²) in [5.41, 5.74) is 2.12. The van der Waals surface area contributed by atoms with Crippen LogP contribution in [-0.4, -0.2) is 39.0 Å². The fourth-order valence-electron chi connectivity index (χ4n) is 4.35. The van der Waals surface area contributed by atoms with Crippen LogP contribution in [0.3, 0.4) is 0 Å². The van der Waals surface area contributed by atoms with Gasteiger partial charge in [-0.3, -0.25) is 0 Å². The van der Waals surface area contributed by atoms with E-state index in [1.165, 1.54) is 5.57 Å². The first-order chi connectivity index (χ1) is 11.7. The van der Waals surface area contributed by atoms with E-state index < -0.39 is 34.2 Å². The molecule has 1 rings (SSSR count). The van der Waals surface area contributed by atoms with Gasteiger partial charge in [-0.05, 0) is 47.5 Å². The van der Waals surface area contributed by atoms with Gasteiger partial charge in [0.25, 0.3) is 0 Å². The highest BCUT2D eigenvalue weighted by molar-refractivity contribution is 7.01. The quantitative estimate of drug-likeness (QED) is 0.377. The van der Waals surface area contributed by atoms with E-state index in [0.717, 1.165) is 18.5 Å². The van der Waals surface area contributed by atoms with Crippen molar-refractivity contribution in [1.82, 2.24) is 0 Å². The lowest BCUT2D eigenvalue weighted by Crippen LogP contribution is -2.68. The third-order valence-electron chi connectivity index (χ3n) is 7.09. The maximum absolute atomic E-state index is 11.4. The lowest BCUT2D eigenvalue weighted by Gasteiger charge is -2.55. The van der Waals surface area contributed by atoms with Crippen molar-refractivity contribution < 1.29 is 13.0 Å². The summed E-state index contributed by atoms with van der Waals surface area (Å²) in [6.07, 6.45) is 1.10. The van der Waals surface area contributed by atoms with Crippen LogP contribution < -0.4 is 0 Å².